The average Bonchev–Trinajstić information content (AvgIpc) is 2.67. The molecule has 0 radical (unpaired) electrons. The fraction of sp³-hybridized carbons (Fsp3) is 0.800. The summed E-state index contributed by atoms with van der Waals surface area (Å²) in [5, 5.41) is 19.7. The molecule has 112 valence electrons. The number of nitriles is 2. The lowest BCUT2D eigenvalue weighted by Gasteiger charge is -2.29. The molecule has 2 heterocycles. The number of rotatable bonds is 3. The maximum atomic E-state index is 9.94. The molecule has 5 atom stereocenters. The maximum Gasteiger partial charge on any atom is 0.293 e. The van der Waals surface area contributed by atoms with E-state index in [9.17, 15) is 10.5 Å². The number of aliphatic imine (C=N–C) groups is 1. The van der Waals surface area contributed by atoms with E-state index in [0.29, 0.717) is 6.61 Å². The van der Waals surface area contributed by atoms with Gasteiger partial charge in [0.2, 0.25) is 0 Å². The van der Waals surface area contributed by atoms with Crippen LogP contribution in [0.2, 0.25) is 0 Å². The van der Waals surface area contributed by atoms with Gasteiger partial charge in [-0.15, -0.1) is 0 Å². The van der Waals surface area contributed by atoms with Crippen LogP contribution >= 0.6 is 0 Å². The fourth-order valence-corrected chi connectivity index (χ4v) is 4.44. The number of fused-ring (bicyclic) bond motifs is 2. The van der Waals surface area contributed by atoms with Crippen molar-refractivity contribution in [3.8, 4) is 12.1 Å². The quantitative estimate of drug-likeness (QED) is 0.850. The molecule has 2 aliphatic heterocycles. The van der Waals surface area contributed by atoms with Crippen LogP contribution in [0.25, 0.3) is 0 Å². The number of nitrogens with zero attached hydrogens (tertiary/aromatic N) is 3. The summed E-state index contributed by atoms with van der Waals surface area (Å²) in [5.41, 5.74) is 3.25. The number of hydrogen-bond acceptors (Lipinski definition) is 6. The largest absolute Gasteiger partial charge is 0.386 e. The van der Waals surface area contributed by atoms with Crippen LogP contribution in [-0.4, -0.2) is 24.5 Å². The molecule has 1 saturated carbocycles. The molecule has 3 aliphatic rings. The third kappa shape index (κ3) is 1.15. The molecule has 2 N–H and O–H groups in total. The number of nitrogens with two attached hydrogens (primary N) is 1. The van der Waals surface area contributed by atoms with Crippen molar-refractivity contribution < 1.29 is 9.47 Å². The van der Waals surface area contributed by atoms with E-state index in [1.165, 1.54) is 0 Å². The molecule has 6 nitrogen and oxygen atoms in total. The van der Waals surface area contributed by atoms with Crippen LogP contribution in [0.15, 0.2) is 4.99 Å². The van der Waals surface area contributed by atoms with Gasteiger partial charge in [0.05, 0.1) is 24.8 Å². The molecule has 1 spiro atoms. The van der Waals surface area contributed by atoms with Crippen LogP contribution in [0.1, 0.15) is 40.0 Å². The van der Waals surface area contributed by atoms with Gasteiger partial charge in [0.1, 0.15) is 11.3 Å². The van der Waals surface area contributed by atoms with Gasteiger partial charge in [-0.3, -0.25) is 0 Å². The lowest BCUT2D eigenvalue weighted by atomic mass is 9.87. The second kappa shape index (κ2) is 3.97. The van der Waals surface area contributed by atoms with Crippen molar-refractivity contribution in [2.45, 2.75) is 52.0 Å². The summed E-state index contributed by atoms with van der Waals surface area (Å²) in [6, 6.07) is 4.61. The van der Waals surface area contributed by atoms with Crippen LogP contribution in [-0.2, 0) is 9.47 Å². The summed E-state index contributed by atoms with van der Waals surface area (Å²) < 4.78 is 11.6. The van der Waals surface area contributed by atoms with E-state index in [0.717, 1.165) is 19.3 Å². The van der Waals surface area contributed by atoms with Crippen LogP contribution in [0.4, 0.5) is 0 Å². The van der Waals surface area contributed by atoms with Crippen LogP contribution in [0, 0.1) is 38.9 Å². The minimum absolute atomic E-state index is 0.169. The highest BCUT2D eigenvalue weighted by molar-refractivity contribution is 6.00. The summed E-state index contributed by atoms with van der Waals surface area (Å²) in [7, 11) is 0. The van der Waals surface area contributed by atoms with Crippen molar-refractivity contribution in [3.05, 3.63) is 0 Å². The molecule has 0 aromatic rings. The second-order valence-corrected chi connectivity index (χ2v) is 6.48. The molecular weight excluding hydrogens is 268 g/mol. The molecule has 0 aromatic carbocycles. The zero-order valence-electron chi connectivity index (χ0n) is 12.6. The van der Waals surface area contributed by atoms with Gasteiger partial charge in [0.15, 0.2) is 5.41 Å². The molecule has 0 bridgehead atoms. The lowest BCUT2D eigenvalue weighted by Crippen LogP contribution is -2.41. The van der Waals surface area contributed by atoms with Crippen LogP contribution < -0.4 is 5.73 Å². The first kappa shape index (κ1) is 14.3. The molecule has 21 heavy (non-hydrogen) atoms. The van der Waals surface area contributed by atoms with Crippen molar-refractivity contribution in [3.63, 3.8) is 0 Å². The highest BCUT2D eigenvalue weighted by Crippen LogP contribution is 2.87. The Hall–Kier alpha value is -1.63. The van der Waals surface area contributed by atoms with Crippen molar-refractivity contribution in [1.82, 2.24) is 0 Å². The van der Waals surface area contributed by atoms with E-state index in [-0.39, 0.29) is 11.9 Å². The molecule has 0 aromatic heterocycles. The minimum atomic E-state index is -1.41. The summed E-state index contributed by atoms with van der Waals surface area (Å²) in [6.07, 6.45) is 2.46. The van der Waals surface area contributed by atoms with Gasteiger partial charge in [-0.25, -0.2) is 4.99 Å². The fourth-order valence-electron chi connectivity index (χ4n) is 4.44. The van der Waals surface area contributed by atoms with Crippen LogP contribution in [0.3, 0.4) is 0 Å². The summed E-state index contributed by atoms with van der Waals surface area (Å²) in [6.45, 7) is 6.24. The predicted molar refractivity (Wildman–Crippen MR) is 74.6 cm³/mol. The third-order valence-corrected chi connectivity index (χ3v) is 5.52. The van der Waals surface area contributed by atoms with E-state index in [1.54, 1.807) is 0 Å². The Kier molecular flexibility index (Phi) is 2.71. The normalized spacial score (nSPS) is 50.3. The zero-order valence-corrected chi connectivity index (χ0v) is 12.6. The van der Waals surface area contributed by atoms with E-state index < -0.39 is 22.2 Å². The molecule has 2 fully saturated rings. The minimum Gasteiger partial charge on any atom is -0.386 e. The Morgan fingerprint density at radius 3 is 2.62 bits per heavy atom. The van der Waals surface area contributed by atoms with Gasteiger partial charge in [-0.2, -0.15) is 10.5 Å². The Morgan fingerprint density at radius 2 is 2.14 bits per heavy atom. The van der Waals surface area contributed by atoms with E-state index in [2.05, 4.69) is 24.1 Å². The highest BCUT2D eigenvalue weighted by Gasteiger charge is 2.99. The van der Waals surface area contributed by atoms with Crippen molar-refractivity contribution in [2.24, 2.45) is 27.0 Å². The summed E-state index contributed by atoms with van der Waals surface area (Å²) in [4.78, 5) is 4.30. The number of amidine groups is 1. The van der Waals surface area contributed by atoms with Gasteiger partial charge in [0, 0.05) is 5.41 Å². The second-order valence-electron chi connectivity index (χ2n) is 6.48. The van der Waals surface area contributed by atoms with Gasteiger partial charge in [-0.05, 0) is 13.3 Å². The molecule has 1 saturated heterocycles. The molecule has 6 heteroatoms. The topological polar surface area (TPSA) is 104 Å². The maximum absolute atomic E-state index is 9.94. The van der Waals surface area contributed by atoms with Crippen LogP contribution in [0.5, 0.6) is 0 Å². The van der Waals surface area contributed by atoms with E-state index >= 15 is 0 Å². The van der Waals surface area contributed by atoms with Gasteiger partial charge in [0.25, 0.3) is 5.91 Å². The van der Waals surface area contributed by atoms with Crippen molar-refractivity contribution >= 4 is 5.84 Å². The Balaban J connectivity index is 2.15. The first-order valence-corrected chi connectivity index (χ1v) is 7.41. The predicted octanol–water partition coefficient (Wildman–Crippen LogP) is 1.68. The first-order chi connectivity index (χ1) is 9.91. The third-order valence-electron chi connectivity index (χ3n) is 5.52. The summed E-state index contributed by atoms with van der Waals surface area (Å²) >= 11 is 0. The Bertz CT molecular complexity index is 606. The SMILES string of the molecule is CCCC[C@@]1(C)[C@]2(C#N)C(N)=N[C@@]3(OC[C@H](C)O3)[C@]12C#N. The van der Waals surface area contributed by atoms with Crippen molar-refractivity contribution in [1.29, 1.82) is 10.5 Å². The number of hydrogen-bond donors (Lipinski definition) is 1. The standard InChI is InChI=1S/C15H20N4O2/c1-4-5-6-12(3)13(8-16)11(18)19-15(14(12,13)9-17)20-7-10(2)21-15/h10H,4-7H2,1-3H3,(H2,18,19)/t10-,12-,13-,14+,15+/m0/s1. The van der Waals surface area contributed by atoms with Gasteiger partial charge < -0.3 is 15.2 Å². The lowest BCUT2D eigenvalue weighted by molar-refractivity contribution is -0.200. The highest BCUT2D eigenvalue weighted by atomic mass is 16.8. The molecular formula is C15H20N4O2. The Labute approximate surface area is 124 Å². The molecule has 0 amide bonds. The van der Waals surface area contributed by atoms with Gasteiger partial charge in [-0.1, -0.05) is 26.7 Å². The molecule has 1 aliphatic carbocycles. The van der Waals surface area contributed by atoms with E-state index in [4.69, 9.17) is 15.2 Å². The average molecular weight is 288 g/mol. The monoisotopic (exact) mass is 288 g/mol. The summed E-state index contributed by atoms with van der Waals surface area (Å²) in [5.74, 6) is -1.23. The molecule has 3 rings (SSSR count). The van der Waals surface area contributed by atoms with Gasteiger partial charge >= 0.3 is 0 Å². The smallest absolute Gasteiger partial charge is 0.293 e. The zero-order chi connectivity index (χ0) is 15.5. The van der Waals surface area contributed by atoms with E-state index in [1.807, 2.05) is 13.8 Å². The first-order valence-electron chi connectivity index (χ1n) is 7.41. The van der Waals surface area contributed by atoms with Crippen molar-refractivity contribution in [2.75, 3.05) is 6.61 Å². The number of ether oxygens (including phenoxy) is 2. The Morgan fingerprint density at radius 1 is 1.43 bits per heavy atom. The number of unbranched alkanes of at least 4 members (excludes halogenated alkanes) is 1. The molecule has 0 unspecified atom stereocenters.